The summed E-state index contributed by atoms with van der Waals surface area (Å²) in [6.45, 7) is 2.53. The van der Waals surface area contributed by atoms with Crippen LogP contribution in [0.5, 0.6) is 0 Å². The van der Waals surface area contributed by atoms with Gasteiger partial charge in [0.1, 0.15) is 6.61 Å². The summed E-state index contributed by atoms with van der Waals surface area (Å²) in [7, 11) is 0. The van der Waals surface area contributed by atoms with E-state index in [4.69, 9.17) is 16.3 Å². The zero-order valence-corrected chi connectivity index (χ0v) is 14.4. The van der Waals surface area contributed by atoms with Crippen molar-refractivity contribution in [3.8, 4) is 0 Å². The van der Waals surface area contributed by atoms with Gasteiger partial charge in [-0.25, -0.2) is 0 Å². The number of amides is 2. The molecule has 132 valence electrons. The Labute approximate surface area is 149 Å². The van der Waals surface area contributed by atoms with Gasteiger partial charge in [0, 0.05) is 17.8 Å². The van der Waals surface area contributed by atoms with E-state index in [-0.39, 0.29) is 18.4 Å². The van der Waals surface area contributed by atoms with Gasteiger partial charge in [0.25, 0.3) is 5.91 Å². The molecule has 0 bridgehead atoms. The van der Waals surface area contributed by atoms with Crippen LogP contribution in [-0.2, 0) is 20.9 Å². The Hall–Kier alpha value is -2.45. The molecule has 2 aromatic rings. The average molecular weight is 364 g/mol. The summed E-state index contributed by atoms with van der Waals surface area (Å²) >= 11 is 6.20. The largest absolute Gasteiger partial charge is 0.356 e. The summed E-state index contributed by atoms with van der Waals surface area (Å²) in [6.07, 6.45) is 0.936. The number of rotatable bonds is 5. The fourth-order valence-corrected chi connectivity index (χ4v) is 2.90. The Morgan fingerprint density at radius 1 is 1.48 bits per heavy atom. The highest BCUT2D eigenvalue weighted by Gasteiger charge is 2.36. The molecule has 0 saturated carbocycles. The van der Waals surface area contributed by atoms with Gasteiger partial charge in [0.05, 0.1) is 18.3 Å². The Morgan fingerprint density at radius 2 is 2.28 bits per heavy atom. The first kappa shape index (κ1) is 17.4. The summed E-state index contributed by atoms with van der Waals surface area (Å²) in [5.41, 5.74) is 1.45. The monoisotopic (exact) mass is 363 g/mol. The number of aromatic nitrogens is 3. The van der Waals surface area contributed by atoms with Crippen LogP contribution in [0.25, 0.3) is 0 Å². The van der Waals surface area contributed by atoms with Gasteiger partial charge >= 0.3 is 0 Å². The van der Waals surface area contributed by atoms with Crippen molar-refractivity contribution in [2.45, 2.75) is 25.6 Å². The number of morpholine rings is 1. The summed E-state index contributed by atoms with van der Waals surface area (Å²) < 4.78 is 7.11. The number of carbonyl (C=O) groups excluding carboxylic acids is 2. The lowest BCUT2D eigenvalue weighted by Crippen LogP contribution is -2.52. The first-order valence-corrected chi connectivity index (χ1v) is 8.22. The molecule has 25 heavy (non-hydrogen) atoms. The van der Waals surface area contributed by atoms with Crippen LogP contribution in [0, 0.1) is 6.92 Å². The Morgan fingerprint density at radius 3 is 3.00 bits per heavy atom. The molecule has 9 heteroatoms. The third kappa shape index (κ3) is 4.15. The zero-order valence-electron chi connectivity index (χ0n) is 13.6. The quantitative estimate of drug-likeness (QED) is 0.811. The molecular weight excluding hydrogens is 346 g/mol. The molecule has 8 nitrogen and oxygen atoms in total. The maximum Gasteiger partial charge on any atom is 0.251 e. The average Bonchev–Trinajstić information content (AvgIpc) is 3.00. The third-order valence-electron chi connectivity index (χ3n) is 3.81. The normalized spacial score (nSPS) is 20.2. The van der Waals surface area contributed by atoms with Gasteiger partial charge in [-0.1, -0.05) is 35.0 Å². The number of aryl methyl sites for hydroxylation is 1. The van der Waals surface area contributed by atoms with Crippen LogP contribution in [0.2, 0.25) is 5.02 Å². The van der Waals surface area contributed by atoms with Crippen molar-refractivity contribution in [2.75, 3.05) is 13.2 Å². The lowest BCUT2D eigenvalue weighted by Gasteiger charge is -2.32. The van der Waals surface area contributed by atoms with Crippen molar-refractivity contribution >= 4 is 23.4 Å². The van der Waals surface area contributed by atoms with E-state index in [2.05, 4.69) is 20.9 Å². The molecule has 1 saturated heterocycles. The predicted octanol–water partition coefficient (Wildman–Crippen LogP) is 0.612. The summed E-state index contributed by atoms with van der Waals surface area (Å²) in [4.78, 5) is 24.2. The minimum Gasteiger partial charge on any atom is -0.356 e. The summed E-state index contributed by atoms with van der Waals surface area (Å²) in [5.74, 6) is -0.603. The van der Waals surface area contributed by atoms with Crippen LogP contribution < -0.4 is 10.6 Å². The molecule has 1 aliphatic heterocycles. The standard InChI is InChI=1S/C16H18ClN5O3/c1-10-8-22(21-20-10)7-6-18-16(24)15-14(19-13(23)9-25-15)11-4-2-3-5-12(11)17/h2-5,8,14-15H,6-7,9H2,1H3,(H,18,24)(H,19,23)/t14-,15+/m1/s1. The number of nitrogens with zero attached hydrogens (tertiary/aromatic N) is 3. The van der Waals surface area contributed by atoms with E-state index in [0.717, 1.165) is 5.69 Å². The van der Waals surface area contributed by atoms with Gasteiger partial charge in [0.15, 0.2) is 6.10 Å². The molecule has 1 aliphatic rings. The van der Waals surface area contributed by atoms with E-state index in [0.29, 0.717) is 23.7 Å². The van der Waals surface area contributed by atoms with E-state index in [1.54, 1.807) is 35.1 Å². The predicted molar refractivity (Wildman–Crippen MR) is 89.8 cm³/mol. The number of benzene rings is 1. The Balaban J connectivity index is 1.66. The fourth-order valence-electron chi connectivity index (χ4n) is 2.65. The highest BCUT2D eigenvalue weighted by Crippen LogP contribution is 2.28. The van der Waals surface area contributed by atoms with Crippen molar-refractivity contribution < 1.29 is 14.3 Å². The molecule has 2 amide bonds. The number of hydrogen-bond donors (Lipinski definition) is 2. The van der Waals surface area contributed by atoms with E-state index < -0.39 is 12.1 Å². The second-order valence-corrected chi connectivity index (χ2v) is 6.12. The van der Waals surface area contributed by atoms with Crippen LogP contribution in [0.4, 0.5) is 0 Å². The number of carbonyl (C=O) groups is 2. The number of halogens is 1. The van der Waals surface area contributed by atoms with Crippen molar-refractivity contribution in [2.24, 2.45) is 0 Å². The first-order valence-electron chi connectivity index (χ1n) is 7.84. The molecule has 1 fully saturated rings. The van der Waals surface area contributed by atoms with E-state index >= 15 is 0 Å². The molecule has 1 aromatic heterocycles. The first-order chi connectivity index (χ1) is 12.0. The molecule has 0 unspecified atom stereocenters. The molecule has 0 aliphatic carbocycles. The highest BCUT2D eigenvalue weighted by atomic mass is 35.5. The SMILES string of the molecule is Cc1cn(CCNC(=O)[C@H]2OCC(=O)N[C@@H]2c2ccccc2Cl)nn1. The van der Waals surface area contributed by atoms with E-state index in [1.165, 1.54) is 0 Å². The zero-order chi connectivity index (χ0) is 17.8. The number of hydrogen-bond acceptors (Lipinski definition) is 5. The fraction of sp³-hybridized carbons (Fsp3) is 0.375. The van der Waals surface area contributed by atoms with Gasteiger partial charge in [-0.15, -0.1) is 5.10 Å². The minimum atomic E-state index is -0.852. The molecule has 1 aromatic carbocycles. The van der Waals surface area contributed by atoms with Crippen molar-refractivity contribution in [3.63, 3.8) is 0 Å². The lowest BCUT2D eigenvalue weighted by molar-refractivity contribution is -0.148. The third-order valence-corrected chi connectivity index (χ3v) is 4.15. The molecular formula is C16H18ClN5O3. The molecule has 3 rings (SSSR count). The molecule has 2 heterocycles. The summed E-state index contributed by atoms with van der Waals surface area (Å²) in [6, 6.07) is 6.42. The van der Waals surface area contributed by atoms with Crippen LogP contribution in [0.3, 0.4) is 0 Å². The molecule has 0 spiro atoms. The topological polar surface area (TPSA) is 98.1 Å². The highest BCUT2D eigenvalue weighted by molar-refractivity contribution is 6.31. The van der Waals surface area contributed by atoms with E-state index in [1.807, 2.05) is 6.92 Å². The van der Waals surface area contributed by atoms with Crippen LogP contribution >= 0.6 is 11.6 Å². The number of ether oxygens (including phenoxy) is 1. The minimum absolute atomic E-state index is 0.165. The molecule has 2 atom stereocenters. The van der Waals surface area contributed by atoms with Gasteiger partial charge in [-0.2, -0.15) is 0 Å². The Kier molecular flexibility index (Phi) is 5.30. The molecule has 2 N–H and O–H groups in total. The van der Waals surface area contributed by atoms with Crippen LogP contribution in [-0.4, -0.2) is 46.1 Å². The maximum atomic E-state index is 12.5. The van der Waals surface area contributed by atoms with Crippen LogP contribution in [0.15, 0.2) is 30.5 Å². The van der Waals surface area contributed by atoms with Crippen LogP contribution in [0.1, 0.15) is 17.3 Å². The second-order valence-electron chi connectivity index (χ2n) is 5.71. The van der Waals surface area contributed by atoms with Gasteiger partial charge in [-0.3, -0.25) is 14.3 Å². The number of nitrogens with one attached hydrogen (secondary N) is 2. The van der Waals surface area contributed by atoms with Gasteiger partial charge < -0.3 is 15.4 Å². The van der Waals surface area contributed by atoms with Crippen molar-refractivity contribution in [1.82, 2.24) is 25.6 Å². The smallest absolute Gasteiger partial charge is 0.251 e. The van der Waals surface area contributed by atoms with Gasteiger partial charge in [0.2, 0.25) is 5.91 Å². The summed E-state index contributed by atoms with van der Waals surface area (Å²) in [5, 5.41) is 13.8. The molecule has 0 radical (unpaired) electrons. The van der Waals surface area contributed by atoms with Gasteiger partial charge in [-0.05, 0) is 18.6 Å². The van der Waals surface area contributed by atoms with E-state index in [9.17, 15) is 9.59 Å². The Bertz CT molecular complexity index is 779. The van der Waals surface area contributed by atoms with Crippen molar-refractivity contribution in [1.29, 1.82) is 0 Å². The second kappa shape index (κ2) is 7.62. The maximum absolute atomic E-state index is 12.5. The van der Waals surface area contributed by atoms with Crippen molar-refractivity contribution in [3.05, 3.63) is 46.7 Å². The lowest BCUT2D eigenvalue weighted by atomic mass is 9.99.